The first kappa shape index (κ1) is 24.1. The Morgan fingerprint density at radius 1 is 1.00 bits per heavy atom. The van der Waals surface area contributed by atoms with E-state index < -0.39 is 17.2 Å². The molecule has 0 radical (unpaired) electrons. The SMILES string of the molecule is CCN1CCN(c2cc3c(cc2F)c(=O)c(C(=O)N2c4ccc(F)cc4CC[C@@H]2C)cn3C2CC2)CC1. The fraction of sp³-hybridized carbons (Fsp3) is 0.448. The summed E-state index contributed by atoms with van der Waals surface area (Å²) in [7, 11) is 0. The number of amides is 1. The quantitative estimate of drug-likeness (QED) is 0.513. The topological polar surface area (TPSA) is 48.8 Å². The van der Waals surface area contributed by atoms with Crippen molar-refractivity contribution >= 4 is 28.2 Å². The third-order valence-electron chi connectivity index (χ3n) is 8.22. The summed E-state index contributed by atoms with van der Waals surface area (Å²) in [5.41, 5.74) is 2.15. The van der Waals surface area contributed by atoms with Gasteiger partial charge in [-0.25, -0.2) is 8.78 Å². The van der Waals surface area contributed by atoms with Crippen LogP contribution in [-0.2, 0) is 6.42 Å². The summed E-state index contributed by atoms with van der Waals surface area (Å²) in [6, 6.07) is 7.57. The molecule has 8 heteroatoms. The number of pyridine rings is 1. The Balaban J connectivity index is 1.44. The molecule has 0 spiro atoms. The van der Waals surface area contributed by atoms with E-state index in [1.165, 1.54) is 18.2 Å². The van der Waals surface area contributed by atoms with Crippen LogP contribution in [0.5, 0.6) is 0 Å². The third-order valence-corrected chi connectivity index (χ3v) is 8.22. The molecule has 37 heavy (non-hydrogen) atoms. The average molecular weight is 507 g/mol. The van der Waals surface area contributed by atoms with Crippen LogP contribution in [0, 0.1) is 11.6 Å². The van der Waals surface area contributed by atoms with E-state index in [0.717, 1.165) is 51.1 Å². The maximum atomic E-state index is 15.5. The lowest BCUT2D eigenvalue weighted by molar-refractivity contribution is 0.0973. The normalized spacial score (nSPS) is 20.4. The van der Waals surface area contributed by atoms with Gasteiger partial charge < -0.3 is 19.3 Å². The fourth-order valence-electron chi connectivity index (χ4n) is 5.87. The molecule has 1 atom stereocenters. The Morgan fingerprint density at radius 2 is 1.76 bits per heavy atom. The molecule has 6 nitrogen and oxygen atoms in total. The van der Waals surface area contributed by atoms with Gasteiger partial charge in [-0.05, 0) is 75.0 Å². The van der Waals surface area contributed by atoms with Crippen molar-refractivity contribution in [2.24, 2.45) is 0 Å². The number of nitrogens with zero attached hydrogens (tertiary/aromatic N) is 4. The predicted octanol–water partition coefficient (Wildman–Crippen LogP) is 4.74. The van der Waals surface area contributed by atoms with Crippen LogP contribution >= 0.6 is 0 Å². The second-order valence-corrected chi connectivity index (χ2v) is 10.6. The molecule has 3 aliphatic rings. The van der Waals surface area contributed by atoms with Gasteiger partial charge in [0.25, 0.3) is 5.91 Å². The number of anilines is 2. The maximum Gasteiger partial charge on any atom is 0.264 e. The summed E-state index contributed by atoms with van der Waals surface area (Å²) in [5.74, 6) is -1.19. The van der Waals surface area contributed by atoms with Crippen molar-refractivity contribution in [1.82, 2.24) is 9.47 Å². The molecule has 1 saturated heterocycles. The number of fused-ring (bicyclic) bond motifs is 2. The summed E-state index contributed by atoms with van der Waals surface area (Å²) in [6.07, 6.45) is 4.93. The van der Waals surface area contributed by atoms with Crippen LogP contribution in [0.3, 0.4) is 0 Å². The van der Waals surface area contributed by atoms with E-state index in [4.69, 9.17) is 0 Å². The van der Waals surface area contributed by atoms with Crippen molar-refractivity contribution in [3.63, 3.8) is 0 Å². The lowest BCUT2D eigenvalue weighted by Crippen LogP contribution is -2.46. The maximum absolute atomic E-state index is 15.5. The molecule has 2 fully saturated rings. The smallest absolute Gasteiger partial charge is 0.264 e. The minimum absolute atomic E-state index is 0.0344. The largest absolute Gasteiger partial charge is 0.367 e. The van der Waals surface area contributed by atoms with Gasteiger partial charge in [-0.2, -0.15) is 0 Å². The number of halogens is 2. The first-order chi connectivity index (χ1) is 17.9. The van der Waals surface area contributed by atoms with Gasteiger partial charge in [0.05, 0.1) is 11.2 Å². The van der Waals surface area contributed by atoms with Crippen LogP contribution in [0.1, 0.15) is 55.1 Å². The molecular weight excluding hydrogens is 474 g/mol. The lowest BCUT2D eigenvalue weighted by Gasteiger charge is -2.36. The van der Waals surface area contributed by atoms with Crippen LogP contribution in [0.4, 0.5) is 20.2 Å². The van der Waals surface area contributed by atoms with Gasteiger partial charge in [0.1, 0.15) is 17.2 Å². The average Bonchev–Trinajstić information content (AvgIpc) is 3.74. The molecule has 2 aromatic carbocycles. The van der Waals surface area contributed by atoms with E-state index in [1.807, 2.05) is 16.4 Å². The number of carbonyl (C=O) groups is 1. The highest BCUT2D eigenvalue weighted by atomic mass is 19.1. The monoisotopic (exact) mass is 506 g/mol. The zero-order valence-electron chi connectivity index (χ0n) is 21.3. The van der Waals surface area contributed by atoms with E-state index in [2.05, 4.69) is 11.8 Å². The molecular formula is C29H32F2N4O2. The molecule has 3 aromatic rings. The van der Waals surface area contributed by atoms with Crippen LogP contribution < -0.4 is 15.2 Å². The molecule has 2 aliphatic heterocycles. The van der Waals surface area contributed by atoms with E-state index in [1.54, 1.807) is 23.2 Å². The van der Waals surface area contributed by atoms with Gasteiger partial charge in [0, 0.05) is 55.5 Å². The number of aromatic nitrogens is 1. The molecule has 3 heterocycles. The van der Waals surface area contributed by atoms with Crippen LogP contribution in [0.25, 0.3) is 10.9 Å². The van der Waals surface area contributed by atoms with E-state index in [9.17, 15) is 14.0 Å². The number of benzene rings is 2. The van der Waals surface area contributed by atoms with Crippen molar-refractivity contribution in [2.45, 2.75) is 51.6 Å². The van der Waals surface area contributed by atoms with Gasteiger partial charge in [0.15, 0.2) is 0 Å². The Kier molecular flexibility index (Phi) is 6.02. The van der Waals surface area contributed by atoms with Crippen LogP contribution in [0.2, 0.25) is 0 Å². The van der Waals surface area contributed by atoms with Crippen molar-refractivity contribution < 1.29 is 13.6 Å². The minimum atomic E-state index is -0.459. The summed E-state index contributed by atoms with van der Waals surface area (Å²) >= 11 is 0. The summed E-state index contributed by atoms with van der Waals surface area (Å²) in [5, 5.41) is 0.232. The zero-order valence-corrected chi connectivity index (χ0v) is 21.3. The van der Waals surface area contributed by atoms with Crippen LogP contribution in [0.15, 0.2) is 41.3 Å². The number of likely N-dealkylation sites (N-methyl/N-ethyl adjacent to an activating group) is 1. The Hall–Kier alpha value is -3.26. The van der Waals surface area contributed by atoms with Gasteiger partial charge in [-0.1, -0.05) is 6.92 Å². The second kappa shape index (κ2) is 9.24. The predicted molar refractivity (Wildman–Crippen MR) is 142 cm³/mol. The van der Waals surface area contributed by atoms with Gasteiger partial charge in [-0.3, -0.25) is 9.59 Å². The standard InChI is InChI=1S/C29H32F2N4O2/c1-3-32-10-12-33(13-11-32)27-16-26-22(15-24(27)31)28(36)23(17-34(26)21-7-8-21)29(37)35-18(2)4-5-19-14-20(30)6-9-25(19)35/h6,9,14-18,21H,3-5,7-8,10-13H2,1-2H3/t18-/m0/s1. The minimum Gasteiger partial charge on any atom is -0.367 e. The Morgan fingerprint density at radius 3 is 2.46 bits per heavy atom. The van der Waals surface area contributed by atoms with Crippen molar-refractivity contribution in [2.75, 3.05) is 42.5 Å². The van der Waals surface area contributed by atoms with Crippen molar-refractivity contribution in [1.29, 1.82) is 0 Å². The molecule has 1 saturated carbocycles. The van der Waals surface area contributed by atoms with E-state index in [-0.39, 0.29) is 28.9 Å². The first-order valence-electron chi connectivity index (χ1n) is 13.3. The van der Waals surface area contributed by atoms with Gasteiger partial charge in [0.2, 0.25) is 5.43 Å². The number of piperazine rings is 1. The molecule has 1 amide bonds. The first-order valence-corrected chi connectivity index (χ1v) is 13.3. The summed E-state index contributed by atoms with van der Waals surface area (Å²) < 4.78 is 31.3. The van der Waals surface area contributed by atoms with E-state index >= 15 is 4.39 Å². The van der Waals surface area contributed by atoms with Gasteiger partial charge >= 0.3 is 0 Å². The fourth-order valence-corrected chi connectivity index (χ4v) is 5.87. The van der Waals surface area contributed by atoms with Gasteiger partial charge in [-0.15, -0.1) is 0 Å². The molecule has 0 bridgehead atoms. The molecule has 1 aliphatic carbocycles. The molecule has 0 N–H and O–H groups in total. The molecule has 194 valence electrons. The molecule has 6 rings (SSSR count). The highest BCUT2D eigenvalue weighted by Crippen LogP contribution is 2.39. The Labute approximate surface area is 215 Å². The number of hydrogen-bond acceptors (Lipinski definition) is 4. The lowest BCUT2D eigenvalue weighted by atomic mass is 9.95. The Bertz CT molecular complexity index is 1440. The number of rotatable bonds is 4. The van der Waals surface area contributed by atoms with Crippen molar-refractivity contribution in [3.8, 4) is 0 Å². The highest BCUT2D eigenvalue weighted by molar-refractivity contribution is 6.08. The number of aryl methyl sites for hydroxylation is 1. The summed E-state index contributed by atoms with van der Waals surface area (Å²) in [4.78, 5) is 33.6. The molecule has 0 unspecified atom stereocenters. The summed E-state index contributed by atoms with van der Waals surface area (Å²) in [6.45, 7) is 8.24. The molecule has 1 aromatic heterocycles. The highest BCUT2D eigenvalue weighted by Gasteiger charge is 2.33. The van der Waals surface area contributed by atoms with Crippen molar-refractivity contribution in [3.05, 3.63) is 69.5 Å². The number of hydrogen-bond donors (Lipinski definition) is 0. The van der Waals surface area contributed by atoms with E-state index in [0.29, 0.717) is 29.7 Å². The van der Waals surface area contributed by atoms with Crippen LogP contribution in [-0.4, -0.2) is 54.1 Å². The number of carbonyl (C=O) groups excluding carboxylic acids is 1. The second-order valence-electron chi connectivity index (χ2n) is 10.6. The third kappa shape index (κ3) is 4.21. The zero-order chi connectivity index (χ0) is 25.8.